The van der Waals surface area contributed by atoms with E-state index in [1.54, 1.807) is 54.9 Å². The number of nitrogens with one attached hydrogen (secondary N) is 1. The summed E-state index contributed by atoms with van der Waals surface area (Å²) >= 11 is 0. The number of nitriles is 1. The van der Waals surface area contributed by atoms with Crippen LogP contribution in [0.2, 0.25) is 0 Å². The number of phenols is 1. The normalized spacial score (nSPS) is 10.5. The molecule has 2 aromatic rings. The third-order valence-corrected chi connectivity index (χ3v) is 2.99. The van der Waals surface area contributed by atoms with E-state index in [-0.39, 0.29) is 11.3 Å². The molecule has 0 saturated carbocycles. The van der Waals surface area contributed by atoms with Gasteiger partial charge in [0.25, 0.3) is 5.91 Å². The van der Waals surface area contributed by atoms with Crippen molar-refractivity contribution in [2.75, 3.05) is 0 Å². The number of benzene rings is 1. The third kappa shape index (κ3) is 7.14. The van der Waals surface area contributed by atoms with Gasteiger partial charge in [-0.05, 0) is 35.4 Å². The molecule has 0 aliphatic carbocycles. The Bertz CT molecular complexity index is 758. The highest BCUT2D eigenvalue weighted by Crippen LogP contribution is 2.11. The summed E-state index contributed by atoms with van der Waals surface area (Å²) in [6, 6.07) is 12.1. The van der Waals surface area contributed by atoms with Crippen molar-refractivity contribution in [2.24, 2.45) is 0 Å². The van der Waals surface area contributed by atoms with Gasteiger partial charge < -0.3 is 10.4 Å². The van der Waals surface area contributed by atoms with Crippen LogP contribution in [0, 0.1) is 11.3 Å². The summed E-state index contributed by atoms with van der Waals surface area (Å²) in [5.74, 6) is -0.253. The quantitative estimate of drug-likeness (QED) is 0.497. The van der Waals surface area contributed by atoms with Crippen LogP contribution in [0.4, 0.5) is 0 Å². The van der Waals surface area contributed by atoms with Gasteiger partial charge in [-0.15, -0.1) is 0 Å². The first-order valence-corrected chi connectivity index (χ1v) is 7.93. The van der Waals surface area contributed by atoms with Gasteiger partial charge in [-0.25, -0.2) is 0 Å². The molecule has 5 nitrogen and oxygen atoms in total. The van der Waals surface area contributed by atoms with Crippen LogP contribution in [0.5, 0.6) is 5.75 Å². The fourth-order valence-corrected chi connectivity index (χ4v) is 1.78. The monoisotopic (exact) mass is 335 g/mol. The number of pyridine rings is 1. The number of phenolic OH excluding ortho intramolecular Hbond substituents is 1. The number of nitrogens with zero attached hydrogens (tertiary/aromatic N) is 2. The molecule has 0 saturated heterocycles. The molecule has 25 heavy (non-hydrogen) atoms. The van der Waals surface area contributed by atoms with Crippen molar-refractivity contribution in [3.05, 3.63) is 77.6 Å². The number of carbonyl (C=O) groups excluding carboxylic acids is 1. The molecular formula is C20H21N3O2. The molecule has 0 aliphatic heterocycles. The number of hydrogen-bond donors (Lipinski definition) is 2. The van der Waals surface area contributed by atoms with E-state index >= 15 is 0 Å². The maximum atomic E-state index is 11.9. The van der Waals surface area contributed by atoms with E-state index in [4.69, 9.17) is 5.26 Å². The van der Waals surface area contributed by atoms with E-state index in [0.717, 1.165) is 11.1 Å². The summed E-state index contributed by atoms with van der Waals surface area (Å²) in [5.41, 5.74) is 1.73. The zero-order valence-corrected chi connectivity index (χ0v) is 14.3. The topological polar surface area (TPSA) is 86.0 Å². The molecule has 1 aromatic carbocycles. The van der Waals surface area contributed by atoms with E-state index < -0.39 is 5.91 Å². The fraction of sp³-hybridized carbons (Fsp3) is 0.150. The molecule has 0 atom stereocenters. The van der Waals surface area contributed by atoms with Crippen molar-refractivity contribution < 1.29 is 9.90 Å². The Balaban J connectivity index is 0.00000151. The van der Waals surface area contributed by atoms with Gasteiger partial charge in [-0.1, -0.05) is 44.2 Å². The van der Waals surface area contributed by atoms with Crippen LogP contribution in [-0.4, -0.2) is 16.0 Å². The number of carbonyl (C=O) groups is 1. The van der Waals surface area contributed by atoms with Crippen LogP contribution >= 0.6 is 0 Å². The fourth-order valence-electron chi connectivity index (χ4n) is 1.78. The predicted molar refractivity (Wildman–Crippen MR) is 98.3 cm³/mol. The minimum Gasteiger partial charge on any atom is -0.508 e. The smallest absolute Gasteiger partial charge is 0.262 e. The molecular weight excluding hydrogens is 314 g/mol. The highest BCUT2D eigenvalue weighted by molar-refractivity contribution is 5.97. The number of hydrogen-bond acceptors (Lipinski definition) is 4. The van der Waals surface area contributed by atoms with E-state index in [9.17, 15) is 9.90 Å². The third-order valence-electron chi connectivity index (χ3n) is 2.99. The summed E-state index contributed by atoms with van der Waals surface area (Å²) < 4.78 is 0. The van der Waals surface area contributed by atoms with Gasteiger partial charge in [0, 0.05) is 18.9 Å². The molecule has 2 N–H and O–H groups in total. The first kappa shape index (κ1) is 19.7. The Morgan fingerprint density at radius 2 is 2.00 bits per heavy atom. The average molecular weight is 335 g/mol. The van der Waals surface area contributed by atoms with Gasteiger partial charge in [0.05, 0.1) is 0 Å². The zero-order valence-electron chi connectivity index (χ0n) is 14.3. The predicted octanol–water partition coefficient (Wildman–Crippen LogP) is 3.59. The number of aromatic nitrogens is 1. The van der Waals surface area contributed by atoms with Gasteiger partial charge >= 0.3 is 0 Å². The number of aromatic hydroxyl groups is 1. The Labute approximate surface area is 148 Å². The average Bonchev–Trinajstić information content (AvgIpc) is 2.67. The molecule has 0 unspecified atom stereocenters. The Morgan fingerprint density at radius 1 is 1.28 bits per heavy atom. The van der Waals surface area contributed by atoms with E-state index in [1.807, 2.05) is 26.0 Å². The largest absolute Gasteiger partial charge is 0.508 e. The van der Waals surface area contributed by atoms with Gasteiger partial charge in [-0.3, -0.25) is 9.78 Å². The molecule has 2 rings (SSSR count). The van der Waals surface area contributed by atoms with Crippen molar-refractivity contribution >= 4 is 12.0 Å². The second-order valence-electron chi connectivity index (χ2n) is 4.69. The highest BCUT2D eigenvalue weighted by Gasteiger charge is 2.07. The SMILES string of the molecule is CC.N#C/C(=C\C=C\c1ccc(O)cc1)C(=O)NCc1cccnc1. The Morgan fingerprint density at radius 3 is 2.60 bits per heavy atom. The second-order valence-corrected chi connectivity index (χ2v) is 4.69. The van der Waals surface area contributed by atoms with Crippen LogP contribution in [0.15, 0.2) is 66.5 Å². The first-order chi connectivity index (χ1) is 12.2. The van der Waals surface area contributed by atoms with Gasteiger partial charge in [0.1, 0.15) is 17.4 Å². The summed E-state index contributed by atoms with van der Waals surface area (Å²) in [4.78, 5) is 15.9. The molecule has 1 amide bonds. The van der Waals surface area contributed by atoms with Crippen molar-refractivity contribution in [3.63, 3.8) is 0 Å². The van der Waals surface area contributed by atoms with Gasteiger partial charge in [0.15, 0.2) is 0 Å². The Hall–Kier alpha value is -3.39. The summed E-state index contributed by atoms with van der Waals surface area (Å²) in [5, 5.41) is 20.9. The molecule has 1 aromatic heterocycles. The lowest BCUT2D eigenvalue weighted by molar-refractivity contribution is -0.117. The lowest BCUT2D eigenvalue weighted by atomic mass is 10.2. The molecule has 0 bridgehead atoms. The van der Waals surface area contributed by atoms with E-state index in [0.29, 0.717) is 6.54 Å². The van der Waals surface area contributed by atoms with Crippen molar-refractivity contribution in [2.45, 2.75) is 20.4 Å². The van der Waals surface area contributed by atoms with Crippen LogP contribution < -0.4 is 5.32 Å². The molecule has 0 aliphatic rings. The minimum atomic E-state index is -0.438. The highest BCUT2D eigenvalue weighted by atomic mass is 16.3. The van der Waals surface area contributed by atoms with Crippen LogP contribution in [0.1, 0.15) is 25.0 Å². The molecule has 5 heteroatoms. The molecule has 0 fully saturated rings. The first-order valence-electron chi connectivity index (χ1n) is 7.93. The Kier molecular flexibility index (Phi) is 8.80. The van der Waals surface area contributed by atoms with E-state index in [1.165, 1.54) is 6.08 Å². The van der Waals surface area contributed by atoms with Gasteiger partial charge in [0.2, 0.25) is 0 Å². The van der Waals surface area contributed by atoms with E-state index in [2.05, 4.69) is 10.3 Å². The van der Waals surface area contributed by atoms with Gasteiger partial charge in [-0.2, -0.15) is 5.26 Å². The lowest BCUT2D eigenvalue weighted by Crippen LogP contribution is -2.23. The number of rotatable bonds is 5. The maximum absolute atomic E-state index is 11.9. The number of allylic oxidation sites excluding steroid dienone is 2. The molecule has 0 spiro atoms. The van der Waals surface area contributed by atoms with Crippen LogP contribution in [0.3, 0.4) is 0 Å². The van der Waals surface area contributed by atoms with Crippen molar-refractivity contribution in [3.8, 4) is 11.8 Å². The van der Waals surface area contributed by atoms with Crippen LogP contribution in [-0.2, 0) is 11.3 Å². The molecule has 1 heterocycles. The number of amides is 1. The summed E-state index contributed by atoms with van der Waals surface area (Å²) in [7, 11) is 0. The zero-order chi connectivity index (χ0) is 18.5. The summed E-state index contributed by atoms with van der Waals surface area (Å²) in [6.07, 6.45) is 8.12. The summed E-state index contributed by atoms with van der Waals surface area (Å²) in [6.45, 7) is 4.31. The molecule has 0 radical (unpaired) electrons. The standard InChI is InChI=1S/C18H15N3O2.C2H6/c19-11-16(5-1-3-14-6-8-17(22)9-7-14)18(23)21-13-15-4-2-10-20-12-15;1-2/h1-10,12,22H,13H2,(H,21,23);1-2H3/b3-1+,16-5+;. The van der Waals surface area contributed by atoms with Crippen LogP contribution in [0.25, 0.3) is 6.08 Å². The maximum Gasteiger partial charge on any atom is 0.262 e. The minimum absolute atomic E-state index is 0.0175. The van der Waals surface area contributed by atoms with Crippen molar-refractivity contribution in [1.82, 2.24) is 10.3 Å². The van der Waals surface area contributed by atoms with Crippen molar-refractivity contribution in [1.29, 1.82) is 5.26 Å². The second kappa shape index (κ2) is 11.2. The lowest BCUT2D eigenvalue weighted by Gasteiger charge is -2.03. The molecule has 128 valence electrons.